The number of carboxylic acids is 1. The molecular formula is C24H21ClF3NO5. The van der Waals surface area contributed by atoms with Crippen LogP contribution < -0.4 is 14.8 Å². The lowest BCUT2D eigenvalue weighted by atomic mass is 9.97. The lowest BCUT2D eigenvalue weighted by Gasteiger charge is -2.25. The molecule has 1 amide bonds. The third kappa shape index (κ3) is 5.72. The summed E-state index contributed by atoms with van der Waals surface area (Å²) in [5, 5.41) is 13.2. The van der Waals surface area contributed by atoms with Gasteiger partial charge in [0.05, 0.1) is 10.6 Å². The van der Waals surface area contributed by atoms with Crippen molar-refractivity contribution in [3.8, 4) is 11.5 Å². The van der Waals surface area contributed by atoms with Crippen molar-refractivity contribution >= 4 is 34.2 Å². The molecule has 3 aromatic rings. The van der Waals surface area contributed by atoms with Crippen LogP contribution in [0.1, 0.15) is 36.2 Å². The minimum absolute atomic E-state index is 0.114. The van der Waals surface area contributed by atoms with Gasteiger partial charge in [-0.2, -0.15) is 0 Å². The van der Waals surface area contributed by atoms with Crippen molar-refractivity contribution in [2.24, 2.45) is 0 Å². The van der Waals surface area contributed by atoms with Gasteiger partial charge in [-0.1, -0.05) is 54.9 Å². The van der Waals surface area contributed by atoms with Crippen LogP contribution in [0.5, 0.6) is 11.5 Å². The summed E-state index contributed by atoms with van der Waals surface area (Å²) in [7, 11) is 0. The Bertz CT molecular complexity index is 1230. The Morgan fingerprint density at radius 2 is 1.79 bits per heavy atom. The molecule has 0 fully saturated rings. The monoisotopic (exact) mass is 495 g/mol. The van der Waals surface area contributed by atoms with Crippen LogP contribution in [-0.2, 0) is 11.4 Å². The van der Waals surface area contributed by atoms with Gasteiger partial charge in [0, 0.05) is 5.39 Å². The highest BCUT2D eigenvalue weighted by Crippen LogP contribution is 2.33. The number of nitrogens with one attached hydrogen (secondary N) is 1. The molecule has 3 aromatic carbocycles. The van der Waals surface area contributed by atoms with E-state index < -0.39 is 29.5 Å². The Labute approximate surface area is 198 Å². The number of halogens is 4. The van der Waals surface area contributed by atoms with Crippen molar-refractivity contribution in [2.75, 3.05) is 0 Å². The smallest absolute Gasteiger partial charge is 0.487 e. The minimum atomic E-state index is -4.88. The molecule has 0 saturated heterocycles. The van der Waals surface area contributed by atoms with Crippen molar-refractivity contribution in [3.05, 3.63) is 70.7 Å². The molecule has 0 aliphatic heterocycles. The van der Waals surface area contributed by atoms with Crippen LogP contribution in [0.2, 0.25) is 5.02 Å². The summed E-state index contributed by atoms with van der Waals surface area (Å²) in [4.78, 5) is 24.7. The summed E-state index contributed by atoms with van der Waals surface area (Å²) in [6.45, 7) is 2.92. The second-order valence-electron chi connectivity index (χ2n) is 7.71. The highest BCUT2D eigenvalue weighted by molar-refractivity contribution is 6.32. The van der Waals surface area contributed by atoms with E-state index in [1.165, 1.54) is 25.1 Å². The summed E-state index contributed by atoms with van der Waals surface area (Å²) >= 11 is 5.91. The predicted molar refractivity (Wildman–Crippen MR) is 120 cm³/mol. The predicted octanol–water partition coefficient (Wildman–Crippen LogP) is 5.95. The Balaban J connectivity index is 1.93. The van der Waals surface area contributed by atoms with Crippen LogP contribution in [0, 0.1) is 0 Å². The molecule has 6 nitrogen and oxygen atoms in total. The number of hydrogen-bond acceptors (Lipinski definition) is 4. The summed E-state index contributed by atoms with van der Waals surface area (Å²) < 4.78 is 47.2. The second-order valence-corrected chi connectivity index (χ2v) is 8.12. The molecule has 180 valence electrons. The number of ether oxygens (including phenoxy) is 2. The Morgan fingerprint density at radius 3 is 2.41 bits per heavy atom. The van der Waals surface area contributed by atoms with Crippen LogP contribution in [0.4, 0.5) is 13.2 Å². The molecule has 10 heteroatoms. The van der Waals surface area contributed by atoms with Crippen LogP contribution >= 0.6 is 11.6 Å². The van der Waals surface area contributed by atoms with Crippen LogP contribution in [0.25, 0.3) is 10.8 Å². The Kier molecular flexibility index (Phi) is 7.26. The fourth-order valence-electron chi connectivity index (χ4n) is 3.19. The lowest BCUT2D eigenvalue weighted by Crippen LogP contribution is -2.51. The lowest BCUT2D eigenvalue weighted by molar-refractivity contribution is -0.274. The average molecular weight is 496 g/mol. The topological polar surface area (TPSA) is 84.9 Å². The van der Waals surface area contributed by atoms with Crippen LogP contribution in [0.3, 0.4) is 0 Å². The summed E-state index contributed by atoms with van der Waals surface area (Å²) in [5.74, 6) is -2.16. The number of amides is 1. The van der Waals surface area contributed by atoms with Gasteiger partial charge in [-0.25, -0.2) is 4.79 Å². The highest BCUT2D eigenvalue weighted by Gasteiger charge is 2.34. The molecule has 0 aliphatic rings. The van der Waals surface area contributed by atoms with Crippen molar-refractivity contribution in [2.45, 2.75) is 38.8 Å². The standard InChI is InChI=1S/C24H21ClF3NO5/c1-3-23(2,22(31)32)29-21(30)17-10-9-15-6-4-5-7-16(15)20(17)33-13-14-8-11-19(18(25)12-14)34-24(26,27)28/h4-12H,3,13H2,1-2H3,(H,29,30)(H,31,32). The van der Waals surface area contributed by atoms with Gasteiger partial charge in [-0.3, -0.25) is 4.79 Å². The fourth-order valence-corrected chi connectivity index (χ4v) is 3.43. The van der Waals surface area contributed by atoms with E-state index >= 15 is 0 Å². The van der Waals surface area contributed by atoms with Crippen molar-refractivity contribution in [1.82, 2.24) is 5.32 Å². The zero-order valence-electron chi connectivity index (χ0n) is 18.2. The van der Waals surface area contributed by atoms with E-state index in [0.717, 1.165) is 11.5 Å². The number of carbonyl (C=O) groups excluding carboxylic acids is 1. The van der Waals surface area contributed by atoms with Crippen LogP contribution in [0.15, 0.2) is 54.6 Å². The number of carbonyl (C=O) groups is 2. The van der Waals surface area contributed by atoms with Crippen molar-refractivity contribution in [1.29, 1.82) is 0 Å². The van der Waals surface area contributed by atoms with E-state index in [9.17, 15) is 27.9 Å². The number of fused-ring (bicyclic) bond motifs is 1. The highest BCUT2D eigenvalue weighted by atomic mass is 35.5. The first-order valence-corrected chi connectivity index (χ1v) is 10.6. The molecule has 0 heterocycles. The van der Waals surface area contributed by atoms with E-state index in [4.69, 9.17) is 16.3 Å². The molecule has 0 saturated carbocycles. The third-order valence-electron chi connectivity index (χ3n) is 5.30. The van der Waals surface area contributed by atoms with Gasteiger partial charge in [0.15, 0.2) is 0 Å². The fraction of sp³-hybridized carbons (Fsp3) is 0.250. The zero-order valence-corrected chi connectivity index (χ0v) is 19.0. The molecule has 34 heavy (non-hydrogen) atoms. The van der Waals surface area contributed by atoms with Gasteiger partial charge < -0.3 is 19.9 Å². The zero-order chi connectivity index (χ0) is 25.1. The number of hydrogen-bond donors (Lipinski definition) is 2. The van der Waals surface area contributed by atoms with Gasteiger partial charge in [0.2, 0.25) is 0 Å². The van der Waals surface area contributed by atoms with Gasteiger partial charge in [-0.15, -0.1) is 13.2 Å². The molecule has 1 unspecified atom stereocenters. The molecule has 0 radical (unpaired) electrons. The maximum atomic E-state index is 13.0. The largest absolute Gasteiger partial charge is 0.573 e. The molecule has 1 atom stereocenters. The normalized spacial score (nSPS) is 13.2. The Hall–Kier alpha value is -3.46. The molecular weight excluding hydrogens is 475 g/mol. The molecule has 0 aromatic heterocycles. The van der Waals surface area contributed by atoms with Crippen molar-refractivity contribution in [3.63, 3.8) is 0 Å². The molecule has 0 spiro atoms. The van der Waals surface area contributed by atoms with Gasteiger partial charge in [0.1, 0.15) is 23.6 Å². The number of benzene rings is 3. The van der Waals surface area contributed by atoms with Gasteiger partial charge >= 0.3 is 12.3 Å². The van der Waals surface area contributed by atoms with Gasteiger partial charge in [-0.05, 0) is 42.5 Å². The van der Waals surface area contributed by atoms with Crippen LogP contribution in [-0.4, -0.2) is 28.9 Å². The molecule has 3 rings (SSSR count). The first-order chi connectivity index (χ1) is 15.9. The average Bonchev–Trinajstić information content (AvgIpc) is 2.77. The number of alkyl halides is 3. The number of aliphatic carboxylic acids is 1. The quantitative estimate of drug-likeness (QED) is 0.403. The van der Waals surface area contributed by atoms with Gasteiger partial charge in [0.25, 0.3) is 5.91 Å². The van der Waals surface area contributed by atoms with E-state index in [1.807, 2.05) is 12.1 Å². The summed E-state index contributed by atoms with van der Waals surface area (Å²) in [6.07, 6.45) is -4.72. The minimum Gasteiger partial charge on any atom is -0.487 e. The first-order valence-electron chi connectivity index (χ1n) is 10.2. The van der Waals surface area contributed by atoms with E-state index in [2.05, 4.69) is 10.1 Å². The Morgan fingerprint density at radius 1 is 1.09 bits per heavy atom. The van der Waals surface area contributed by atoms with E-state index in [1.54, 1.807) is 25.1 Å². The maximum absolute atomic E-state index is 13.0. The SMILES string of the molecule is CCC(C)(NC(=O)c1ccc2ccccc2c1OCc1ccc(OC(F)(F)F)c(Cl)c1)C(=O)O. The van der Waals surface area contributed by atoms with E-state index in [0.29, 0.717) is 10.9 Å². The first kappa shape index (κ1) is 25.2. The van der Waals surface area contributed by atoms with E-state index in [-0.39, 0.29) is 29.4 Å². The number of carboxylic acid groups (broad SMARTS) is 1. The molecule has 2 N–H and O–H groups in total. The maximum Gasteiger partial charge on any atom is 0.573 e. The summed E-state index contributed by atoms with van der Waals surface area (Å²) in [5.41, 5.74) is -0.938. The summed E-state index contributed by atoms with van der Waals surface area (Å²) in [6, 6.07) is 14.1. The molecule has 0 aliphatic carbocycles. The van der Waals surface area contributed by atoms with Crippen molar-refractivity contribution < 1.29 is 37.3 Å². The molecule has 0 bridgehead atoms. The number of rotatable bonds is 8. The second kappa shape index (κ2) is 9.80. The third-order valence-corrected chi connectivity index (χ3v) is 5.59.